The molecule has 2 rings (SSSR count). The summed E-state index contributed by atoms with van der Waals surface area (Å²) in [6.45, 7) is 24.1. The molecule has 0 aromatic heterocycles. The van der Waals surface area contributed by atoms with Crippen LogP contribution in [0, 0.1) is 0 Å². The molecule has 1 aliphatic rings. The fourth-order valence-corrected chi connectivity index (χ4v) is 2.86. The SMILES string of the molecule is CC.CC.CC(=S)NCC1=CC=C(F)CC1.CCCCC.CCc1ccc(C(C)(C)CC)cc1.[HH]. The van der Waals surface area contributed by atoms with Crippen LogP contribution < -0.4 is 5.32 Å². The number of rotatable bonds is 7. The van der Waals surface area contributed by atoms with E-state index in [0.717, 1.165) is 24.4 Å². The van der Waals surface area contributed by atoms with E-state index >= 15 is 0 Å². The van der Waals surface area contributed by atoms with Gasteiger partial charge in [-0.3, -0.25) is 0 Å². The molecule has 0 atom stereocenters. The first-order valence-electron chi connectivity index (χ1n) is 13.6. The van der Waals surface area contributed by atoms with Crippen LogP contribution in [0.2, 0.25) is 0 Å². The fraction of sp³-hybridized carbons (Fsp3) is 0.645. The second-order valence-corrected chi connectivity index (χ2v) is 9.10. The van der Waals surface area contributed by atoms with Crippen molar-refractivity contribution >= 4 is 17.2 Å². The molecule has 0 heterocycles. The van der Waals surface area contributed by atoms with Gasteiger partial charge in [-0.1, -0.05) is 137 Å². The molecule has 0 bridgehead atoms. The van der Waals surface area contributed by atoms with E-state index in [1.807, 2.05) is 40.7 Å². The van der Waals surface area contributed by atoms with Crippen LogP contribution >= 0.6 is 12.2 Å². The normalized spacial score (nSPS) is 11.9. The van der Waals surface area contributed by atoms with Gasteiger partial charge in [0.1, 0.15) is 5.83 Å². The van der Waals surface area contributed by atoms with Crippen molar-refractivity contribution in [2.45, 2.75) is 127 Å². The van der Waals surface area contributed by atoms with Gasteiger partial charge in [0.2, 0.25) is 0 Å². The first-order chi connectivity index (χ1) is 16.2. The lowest BCUT2D eigenvalue weighted by atomic mass is 9.82. The van der Waals surface area contributed by atoms with Crippen LogP contribution in [0.15, 0.2) is 47.8 Å². The van der Waals surface area contributed by atoms with E-state index in [2.05, 4.69) is 71.1 Å². The van der Waals surface area contributed by atoms with Crippen LogP contribution in [-0.4, -0.2) is 11.5 Å². The topological polar surface area (TPSA) is 12.0 Å². The highest BCUT2D eigenvalue weighted by atomic mass is 32.1. The summed E-state index contributed by atoms with van der Waals surface area (Å²) in [6.07, 6.45) is 11.1. The largest absolute Gasteiger partial charge is 0.376 e. The summed E-state index contributed by atoms with van der Waals surface area (Å²) < 4.78 is 12.5. The molecule has 1 aromatic rings. The Morgan fingerprint density at radius 3 is 1.79 bits per heavy atom. The highest BCUT2D eigenvalue weighted by Gasteiger charge is 2.17. The molecule has 1 aliphatic carbocycles. The first-order valence-corrected chi connectivity index (χ1v) is 14.0. The minimum absolute atomic E-state index is 0. The number of allylic oxidation sites excluding steroid dienone is 3. The molecule has 0 saturated carbocycles. The lowest BCUT2D eigenvalue weighted by Gasteiger charge is -2.23. The Kier molecular flexibility index (Phi) is 26.9. The average Bonchev–Trinajstić information content (AvgIpc) is 2.87. The Labute approximate surface area is 220 Å². The van der Waals surface area contributed by atoms with E-state index in [1.54, 1.807) is 0 Å². The minimum atomic E-state index is -0.0298. The Balaban J connectivity index is -0.000000203. The van der Waals surface area contributed by atoms with Crippen molar-refractivity contribution in [2.24, 2.45) is 0 Å². The summed E-state index contributed by atoms with van der Waals surface area (Å²) in [4.78, 5) is 0.783. The molecule has 0 amide bonds. The molecule has 3 heteroatoms. The highest BCUT2D eigenvalue weighted by molar-refractivity contribution is 7.80. The van der Waals surface area contributed by atoms with E-state index < -0.39 is 0 Å². The minimum Gasteiger partial charge on any atom is -0.376 e. The number of thiocarbonyl (C=S) groups is 1. The van der Waals surface area contributed by atoms with Crippen LogP contribution in [0.5, 0.6) is 0 Å². The molecular formula is C31H58FNS. The third-order valence-corrected chi connectivity index (χ3v) is 5.63. The molecule has 0 unspecified atom stereocenters. The lowest BCUT2D eigenvalue weighted by molar-refractivity contribution is 0.506. The zero-order valence-corrected chi connectivity index (χ0v) is 25.2. The highest BCUT2D eigenvalue weighted by Crippen LogP contribution is 2.26. The number of aryl methyl sites for hydroxylation is 1. The van der Waals surface area contributed by atoms with Crippen LogP contribution in [0.3, 0.4) is 0 Å². The fourth-order valence-electron chi connectivity index (χ4n) is 2.79. The van der Waals surface area contributed by atoms with E-state index in [-0.39, 0.29) is 7.25 Å². The van der Waals surface area contributed by atoms with Crippen LogP contribution in [0.25, 0.3) is 0 Å². The quantitative estimate of drug-likeness (QED) is 0.377. The summed E-state index contributed by atoms with van der Waals surface area (Å²) in [7, 11) is 0. The summed E-state index contributed by atoms with van der Waals surface area (Å²) in [5.74, 6) is -0.0298. The smallest absolute Gasteiger partial charge is 0.100 e. The monoisotopic (exact) mass is 495 g/mol. The first kappa shape index (κ1) is 37.1. The van der Waals surface area contributed by atoms with Crippen LogP contribution in [0.1, 0.15) is 127 Å². The predicted octanol–water partition coefficient (Wildman–Crippen LogP) is 10.9. The number of halogens is 1. The van der Waals surface area contributed by atoms with Crippen molar-refractivity contribution in [3.8, 4) is 0 Å². The van der Waals surface area contributed by atoms with Crippen molar-refractivity contribution in [1.29, 1.82) is 0 Å². The van der Waals surface area contributed by atoms with Gasteiger partial charge in [-0.2, -0.15) is 0 Å². The molecule has 0 spiro atoms. The number of unbranched alkanes of at least 4 members (excludes halogenated alkanes) is 2. The number of benzene rings is 1. The second-order valence-electron chi connectivity index (χ2n) is 8.49. The Hall–Kier alpha value is -1.48. The van der Waals surface area contributed by atoms with Gasteiger partial charge in [0, 0.05) is 14.4 Å². The van der Waals surface area contributed by atoms with Crippen molar-refractivity contribution in [3.63, 3.8) is 0 Å². The van der Waals surface area contributed by atoms with Crippen molar-refractivity contribution < 1.29 is 5.82 Å². The summed E-state index contributed by atoms with van der Waals surface area (Å²) in [5.41, 5.74) is 4.41. The van der Waals surface area contributed by atoms with Gasteiger partial charge in [-0.15, -0.1) is 0 Å². The van der Waals surface area contributed by atoms with Gasteiger partial charge in [0.25, 0.3) is 0 Å². The van der Waals surface area contributed by atoms with E-state index in [1.165, 1.54) is 48.5 Å². The molecule has 0 aliphatic heterocycles. The predicted molar refractivity (Wildman–Crippen MR) is 162 cm³/mol. The summed E-state index contributed by atoms with van der Waals surface area (Å²) >= 11 is 4.86. The van der Waals surface area contributed by atoms with Gasteiger partial charge in [0.15, 0.2) is 0 Å². The maximum Gasteiger partial charge on any atom is 0.100 e. The summed E-state index contributed by atoms with van der Waals surface area (Å²) in [6, 6.07) is 9.02. The maximum absolute atomic E-state index is 12.5. The van der Waals surface area contributed by atoms with Crippen molar-refractivity contribution in [2.75, 3.05) is 6.54 Å². The molecule has 0 fully saturated rings. The Bertz CT molecular complexity index is 661. The zero-order valence-electron chi connectivity index (χ0n) is 24.4. The molecule has 34 heavy (non-hydrogen) atoms. The summed E-state index contributed by atoms with van der Waals surface area (Å²) in [5, 5.41) is 3.04. The van der Waals surface area contributed by atoms with Gasteiger partial charge in [-0.05, 0) is 48.8 Å². The number of hydrogen-bond donors (Lipinski definition) is 1. The van der Waals surface area contributed by atoms with E-state index in [9.17, 15) is 4.39 Å². The van der Waals surface area contributed by atoms with E-state index in [4.69, 9.17) is 12.2 Å². The zero-order chi connectivity index (χ0) is 27.0. The van der Waals surface area contributed by atoms with Crippen molar-refractivity contribution in [3.05, 3.63) is 58.9 Å². The van der Waals surface area contributed by atoms with Crippen LogP contribution in [0.4, 0.5) is 4.39 Å². The van der Waals surface area contributed by atoms with Gasteiger partial charge in [0.05, 0.1) is 4.99 Å². The molecule has 1 nitrogen and oxygen atoms in total. The van der Waals surface area contributed by atoms with Crippen molar-refractivity contribution in [1.82, 2.24) is 5.32 Å². The molecule has 200 valence electrons. The standard InChI is InChI=1S/C13H20.C9H12FNS.C5H12.2C2H6.H2/c1-5-11-7-9-12(10-8-11)13(3,4)6-2;1-7(12)11-6-8-2-4-9(10)5-3-8;1-3-5-4-2;2*1-2;/h7-10H,5-6H2,1-4H3;2,4H,3,5-6H2,1H3,(H,11,12);3-5H2,1-2H3;2*1-2H3;1H. The third-order valence-electron chi connectivity index (χ3n) is 5.48. The van der Waals surface area contributed by atoms with Gasteiger partial charge in [-0.25, -0.2) is 4.39 Å². The second kappa shape index (κ2) is 24.6. The van der Waals surface area contributed by atoms with Gasteiger partial charge < -0.3 is 5.32 Å². The third kappa shape index (κ3) is 19.9. The Morgan fingerprint density at radius 1 is 0.941 bits per heavy atom. The maximum atomic E-state index is 12.5. The Morgan fingerprint density at radius 2 is 1.47 bits per heavy atom. The number of nitrogens with one attached hydrogen (secondary N) is 1. The molecule has 0 saturated heterocycles. The lowest BCUT2D eigenvalue weighted by Crippen LogP contribution is -2.21. The number of hydrogen-bond acceptors (Lipinski definition) is 1. The van der Waals surface area contributed by atoms with Crippen LogP contribution in [-0.2, 0) is 11.8 Å². The van der Waals surface area contributed by atoms with E-state index in [0.29, 0.717) is 11.8 Å². The van der Waals surface area contributed by atoms with Gasteiger partial charge >= 0.3 is 0 Å². The molecule has 0 radical (unpaired) electrons. The average molecular weight is 496 g/mol. The molecule has 1 aromatic carbocycles. The molecule has 1 N–H and O–H groups in total. The molecular weight excluding hydrogens is 437 g/mol.